The molecule has 0 saturated carbocycles. The van der Waals surface area contributed by atoms with E-state index in [-0.39, 0.29) is 5.75 Å². The third-order valence-electron chi connectivity index (χ3n) is 2.74. The lowest BCUT2D eigenvalue weighted by Gasteiger charge is -2.03. The number of phenolic OH excluding ortho intramolecular Hbond substituents is 1. The molecule has 19 heavy (non-hydrogen) atoms. The topological polar surface area (TPSA) is 41.8 Å². The Bertz CT molecular complexity index is 624. The molecule has 0 amide bonds. The monoisotopic (exact) mass is 367 g/mol. The summed E-state index contributed by atoms with van der Waals surface area (Å²) in [4.78, 5) is 4.37. The minimum Gasteiger partial charge on any atom is -0.507 e. The van der Waals surface area contributed by atoms with E-state index in [0.29, 0.717) is 11.3 Å². The molecule has 0 aliphatic carbocycles. The van der Waals surface area contributed by atoms with Crippen LogP contribution in [0.2, 0.25) is 0 Å². The van der Waals surface area contributed by atoms with Gasteiger partial charge < -0.3 is 9.84 Å². The highest BCUT2D eigenvalue weighted by molar-refractivity contribution is 14.1. The Hall–Kier alpha value is -1.56. The predicted octanol–water partition coefficient (Wildman–Crippen LogP) is 4.06. The van der Waals surface area contributed by atoms with Crippen LogP contribution in [0, 0.1) is 10.5 Å². The number of rotatable bonds is 3. The zero-order valence-corrected chi connectivity index (χ0v) is 12.9. The summed E-state index contributed by atoms with van der Waals surface area (Å²) < 4.78 is 6.29. The van der Waals surface area contributed by atoms with E-state index in [0.717, 1.165) is 5.69 Å². The van der Waals surface area contributed by atoms with Crippen LogP contribution in [-0.4, -0.2) is 18.4 Å². The van der Waals surface area contributed by atoms with Crippen molar-refractivity contribution in [2.75, 3.05) is 7.11 Å². The Labute approximate surface area is 126 Å². The van der Waals surface area contributed by atoms with Gasteiger partial charge >= 0.3 is 0 Å². The molecule has 0 aromatic heterocycles. The minimum absolute atomic E-state index is 0.186. The Morgan fingerprint density at radius 1 is 1.21 bits per heavy atom. The maximum Gasteiger partial charge on any atom is 0.124 e. The maximum atomic E-state index is 9.76. The number of halogens is 1. The van der Waals surface area contributed by atoms with Crippen molar-refractivity contribution in [1.82, 2.24) is 0 Å². The highest BCUT2D eigenvalue weighted by atomic mass is 127. The first-order valence-corrected chi connectivity index (χ1v) is 6.85. The molecular weight excluding hydrogens is 353 g/mol. The summed E-state index contributed by atoms with van der Waals surface area (Å²) in [6.45, 7) is 2.06. The number of hydrogen-bond acceptors (Lipinski definition) is 3. The van der Waals surface area contributed by atoms with Gasteiger partial charge in [-0.2, -0.15) is 0 Å². The first kappa shape index (κ1) is 13.9. The van der Waals surface area contributed by atoms with Crippen molar-refractivity contribution in [1.29, 1.82) is 0 Å². The molecule has 98 valence electrons. The molecular formula is C15H14INO2. The van der Waals surface area contributed by atoms with E-state index in [1.165, 1.54) is 9.13 Å². The van der Waals surface area contributed by atoms with E-state index in [4.69, 9.17) is 4.74 Å². The van der Waals surface area contributed by atoms with Gasteiger partial charge in [0.1, 0.15) is 11.5 Å². The second-order valence-corrected chi connectivity index (χ2v) is 5.28. The normalized spacial score (nSPS) is 10.9. The fraction of sp³-hybridized carbons (Fsp3) is 0.133. The molecule has 0 heterocycles. The number of hydrogen-bond donors (Lipinski definition) is 1. The van der Waals surface area contributed by atoms with Crippen LogP contribution in [0.3, 0.4) is 0 Å². The second-order valence-electron chi connectivity index (χ2n) is 4.12. The highest BCUT2D eigenvalue weighted by Crippen LogP contribution is 2.23. The average molecular weight is 367 g/mol. The van der Waals surface area contributed by atoms with Crippen LogP contribution in [0.15, 0.2) is 41.4 Å². The molecule has 2 aromatic carbocycles. The standard InChI is InChI=1S/C15H14INO2/c1-10-3-4-12(8-14(10)16)17-9-11-7-13(19-2)5-6-15(11)18/h3-9,18H,1-2H3. The van der Waals surface area contributed by atoms with E-state index in [2.05, 4.69) is 34.5 Å². The van der Waals surface area contributed by atoms with E-state index in [1.54, 1.807) is 31.5 Å². The molecule has 0 radical (unpaired) electrons. The number of aryl methyl sites for hydroxylation is 1. The molecule has 0 atom stereocenters. The van der Waals surface area contributed by atoms with Gasteiger partial charge in [-0.15, -0.1) is 0 Å². The minimum atomic E-state index is 0.186. The van der Waals surface area contributed by atoms with Crippen LogP contribution in [0.4, 0.5) is 5.69 Å². The van der Waals surface area contributed by atoms with Crippen LogP contribution in [0.1, 0.15) is 11.1 Å². The highest BCUT2D eigenvalue weighted by Gasteiger charge is 2.01. The molecule has 4 heteroatoms. The third kappa shape index (κ3) is 3.47. The van der Waals surface area contributed by atoms with Crippen LogP contribution >= 0.6 is 22.6 Å². The molecule has 0 unspecified atom stereocenters. The smallest absolute Gasteiger partial charge is 0.124 e. The van der Waals surface area contributed by atoms with Crippen molar-refractivity contribution in [2.24, 2.45) is 4.99 Å². The fourth-order valence-electron chi connectivity index (χ4n) is 1.57. The maximum absolute atomic E-state index is 9.76. The van der Waals surface area contributed by atoms with Gasteiger partial charge in [0.25, 0.3) is 0 Å². The Morgan fingerprint density at radius 2 is 2.00 bits per heavy atom. The Morgan fingerprint density at radius 3 is 2.68 bits per heavy atom. The zero-order chi connectivity index (χ0) is 13.8. The molecule has 0 aliphatic rings. The Balaban J connectivity index is 2.29. The van der Waals surface area contributed by atoms with Crippen molar-refractivity contribution in [3.05, 3.63) is 51.1 Å². The average Bonchev–Trinajstić information content (AvgIpc) is 2.41. The molecule has 3 nitrogen and oxygen atoms in total. The second kappa shape index (κ2) is 6.06. The van der Waals surface area contributed by atoms with Crippen molar-refractivity contribution in [3.8, 4) is 11.5 Å². The van der Waals surface area contributed by atoms with Gasteiger partial charge in [0.05, 0.1) is 12.8 Å². The number of nitrogens with zero attached hydrogens (tertiary/aromatic N) is 1. The number of aromatic hydroxyl groups is 1. The summed E-state index contributed by atoms with van der Waals surface area (Å²) in [6.07, 6.45) is 1.64. The summed E-state index contributed by atoms with van der Waals surface area (Å²) >= 11 is 2.28. The van der Waals surface area contributed by atoms with Crippen LogP contribution in [0.5, 0.6) is 11.5 Å². The van der Waals surface area contributed by atoms with Crippen molar-refractivity contribution < 1.29 is 9.84 Å². The van der Waals surface area contributed by atoms with E-state index in [1.807, 2.05) is 18.2 Å². The Kier molecular flexibility index (Phi) is 4.42. The lowest BCUT2D eigenvalue weighted by Crippen LogP contribution is -1.87. The summed E-state index contributed by atoms with van der Waals surface area (Å²) in [5, 5.41) is 9.76. The number of ether oxygens (including phenoxy) is 1. The molecule has 0 fully saturated rings. The predicted molar refractivity (Wildman–Crippen MR) is 85.8 cm³/mol. The molecule has 2 aromatic rings. The van der Waals surface area contributed by atoms with Crippen LogP contribution < -0.4 is 4.74 Å². The van der Waals surface area contributed by atoms with Gasteiger partial charge in [-0.3, -0.25) is 4.99 Å². The van der Waals surface area contributed by atoms with Crippen molar-refractivity contribution in [2.45, 2.75) is 6.92 Å². The molecule has 0 spiro atoms. The molecule has 0 aliphatic heterocycles. The van der Waals surface area contributed by atoms with E-state index in [9.17, 15) is 5.11 Å². The van der Waals surface area contributed by atoms with Gasteiger partial charge in [0.15, 0.2) is 0 Å². The van der Waals surface area contributed by atoms with Crippen molar-refractivity contribution in [3.63, 3.8) is 0 Å². The quantitative estimate of drug-likeness (QED) is 0.657. The molecule has 0 saturated heterocycles. The first-order chi connectivity index (χ1) is 9.10. The SMILES string of the molecule is COc1ccc(O)c(C=Nc2ccc(C)c(I)c2)c1. The van der Waals surface area contributed by atoms with Crippen molar-refractivity contribution >= 4 is 34.5 Å². The van der Waals surface area contributed by atoms with E-state index < -0.39 is 0 Å². The number of aliphatic imine (C=N–C) groups is 1. The number of benzene rings is 2. The lowest BCUT2D eigenvalue weighted by atomic mass is 10.2. The zero-order valence-electron chi connectivity index (χ0n) is 10.7. The largest absolute Gasteiger partial charge is 0.507 e. The first-order valence-electron chi connectivity index (χ1n) is 5.77. The fourth-order valence-corrected chi connectivity index (χ4v) is 2.07. The molecule has 0 bridgehead atoms. The van der Waals surface area contributed by atoms with Gasteiger partial charge in [0.2, 0.25) is 0 Å². The molecule has 2 rings (SSSR count). The summed E-state index contributed by atoms with van der Waals surface area (Å²) in [5.41, 5.74) is 2.72. The van der Waals surface area contributed by atoms with Gasteiger partial charge in [-0.05, 0) is 65.4 Å². The number of phenols is 1. The van der Waals surface area contributed by atoms with Gasteiger partial charge in [-0.25, -0.2) is 0 Å². The van der Waals surface area contributed by atoms with E-state index >= 15 is 0 Å². The van der Waals surface area contributed by atoms with Crippen LogP contribution in [0.25, 0.3) is 0 Å². The lowest BCUT2D eigenvalue weighted by molar-refractivity contribution is 0.412. The van der Waals surface area contributed by atoms with Crippen LogP contribution in [-0.2, 0) is 0 Å². The van der Waals surface area contributed by atoms with Gasteiger partial charge in [0, 0.05) is 15.3 Å². The number of methoxy groups -OCH3 is 1. The summed E-state index contributed by atoms with van der Waals surface area (Å²) in [6, 6.07) is 11.0. The summed E-state index contributed by atoms with van der Waals surface area (Å²) in [7, 11) is 1.59. The molecule has 1 N–H and O–H groups in total. The van der Waals surface area contributed by atoms with Gasteiger partial charge in [-0.1, -0.05) is 6.07 Å². The summed E-state index contributed by atoms with van der Waals surface area (Å²) in [5.74, 6) is 0.879. The third-order valence-corrected chi connectivity index (χ3v) is 3.91.